The molecule has 1 aliphatic rings. The average molecular weight is 353 g/mol. The molecule has 2 atom stereocenters. The van der Waals surface area contributed by atoms with Crippen LogP contribution in [0.15, 0.2) is 54.6 Å². The fraction of sp³-hybridized carbons (Fsp3) is 0.500. The van der Waals surface area contributed by atoms with E-state index in [0.29, 0.717) is 12.5 Å². The molecule has 1 fully saturated rings. The van der Waals surface area contributed by atoms with Crippen LogP contribution in [0.25, 0.3) is 0 Å². The van der Waals surface area contributed by atoms with E-state index in [1.807, 2.05) is 0 Å². The minimum atomic E-state index is -0.0353. The van der Waals surface area contributed by atoms with Gasteiger partial charge in [-0.2, -0.15) is 0 Å². The molecule has 0 N–H and O–H groups in total. The molecule has 1 saturated heterocycles. The Hall–Kier alpha value is -1.64. The summed E-state index contributed by atoms with van der Waals surface area (Å²) in [5.74, 6) is 0.405. The predicted octanol–water partition coefficient (Wildman–Crippen LogP) is 6.30. The van der Waals surface area contributed by atoms with E-state index in [1.54, 1.807) is 0 Å². The van der Waals surface area contributed by atoms with E-state index in [0.717, 1.165) is 25.9 Å². The van der Waals surface area contributed by atoms with Crippen molar-refractivity contribution in [3.05, 3.63) is 71.3 Å². The molecule has 3 rings (SSSR count). The molecule has 0 saturated carbocycles. The van der Waals surface area contributed by atoms with Gasteiger partial charge in [-0.1, -0.05) is 75.4 Å². The van der Waals surface area contributed by atoms with Crippen molar-refractivity contribution < 1.29 is 9.47 Å². The van der Waals surface area contributed by atoms with Crippen molar-refractivity contribution in [1.82, 2.24) is 0 Å². The molecule has 2 aromatic rings. The van der Waals surface area contributed by atoms with Crippen LogP contribution in [-0.4, -0.2) is 12.9 Å². The van der Waals surface area contributed by atoms with Crippen molar-refractivity contribution in [2.45, 2.75) is 65.3 Å². The molecule has 1 heterocycles. The summed E-state index contributed by atoms with van der Waals surface area (Å²) < 4.78 is 11.7. The maximum atomic E-state index is 5.99. The molecule has 2 unspecified atom stereocenters. The minimum absolute atomic E-state index is 0.0353. The summed E-state index contributed by atoms with van der Waals surface area (Å²) in [5.41, 5.74) is 4.25. The Labute approximate surface area is 158 Å². The first-order valence-corrected chi connectivity index (χ1v) is 9.88. The Balaban J connectivity index is 1.76. The number of hydrogen-bond donors (Lipinski definition) is 0. The fourth-order valence-electron chi connectivity index (χ4n) is 3.66. The molecular weight excluding hydrogens is 320 g/mol. The maximum absolute atomic E-state index is 5.99. The van der Waals surface area contributed by atoms with Crippen LogP contribution in [0.1, 0.15) is 69.1 Å². The third kappa shape index (κ3) is 5.69. The predicted molar refractivity (Wildman–Crippen MR) is 107 cm³/mol. The molecule has 0 radical (unpaired) electrons. The summed E-state index contributed by atoms with van der Waals surface area (Å²) in [6.45, 7) is 8.39. The fourth-order valence-corrected chi connectivity index (χ4v) is 3.66. The van der Waals surface area contributed by atoms with Crippen LogP contribution in [0, 0.1) is 5.41 Å². The van der Waals surface area contributed by atoms with Crippen molar-refractivity contribution >= 4 is 0 Å². The molecule has 140 valence electrons. The lowest BCUT2D eigenvalue weighted by Crippen LogP contribution is -2.22. The van der Waals surface area contributed by atoms with Crippen LogP contribution < -0.4 is 0 Å². The van der Waals surface area contributed by atoms with Gasteiger partial charge < -0.3 is 9.47 Å². The third-order valence-electron chi connectivity index (χ3n) is 4.95. The quantitative estimate of drug-likeness (QED) is 0.607. The zero-order chi connectivity index (χ0) is 18.4. The Morgan fingerprint density at radius 3 is 2.46 bits per heavy atom. The first-order valence-electron chi connectivity index (χ1n) is 9.88. The lowest BCUT2D eigenvalue weighted by Gasteiger charge is -2.27. The van der Waals surface area contributed by atoms with Crippen molar-refractivity contribution in [1.29, 1.82) is 0 Å². The van der Waals surface area contributed by atoms with Crippen LogP contribution in [-0.2, 0) is 16.1 Å². The van der Waals surface area contributed by atoms with Crippen LogP contribution in [0.3, 0.4) is 0 Å². The number of benzene rings is 2. The standard InChI is InChI=1S/C24H32O2/c1-24(2,3)17-22(20-11-5-4-6-12-20)21-13-9-10-19(16-21)18-26-23-14-7-8-15-25-23/h4-6,9-13,16,22-23H,7-8,14-15,17-18H2,1-3H3. The Morgan fingerprint density at radius 1 is 1.00 bits per heavy atom. The highest BCUT2D eigenvalue weighted by Gasteiger charge is 2.22. The van der Waals surface area contributed by atoms with Gasteiger partial charge in [0.05, 0.1) is 6.61 Å². The van der Waals surface area contributed by atoms with Crippen LogP contribution in [0.5, 0.6) is 0 Å². The normalized spacial score (nSPS) is 19.3. The summed E-state index contributed by atoms with van der Waals surface area (Å²) in [6.07, 6.45) is 4.45. The third-order valence-corrected chi connectivity index (χ3v) is 4.95. The minimum Gasteiger partial charge on any atom is -0.353 e. The molecule has 2 heteroatoms. The lowest BCUT2D eigenvalue weighted by atomic mass is 9.78. The molecule has 0 aromatic heterocycles. The molecule has 0 aliphatic carbocycles. The summed E-state index contributed by atoms with van der Waals surface area (Å²) in [5, 5.41) is 0. The van der Waals surface area contributed by atoms with Crippen LogP contribution in [0.2, 0.25) is 0 Å². The van der Waals surface area contributed by atoms with Gasteiger partial charge in [0.25, 0.3) is 0 Å². The van der Waals surface area contributed by atoms with E-state index >= 15 is 0 Å². The van der Waals surface area contributed by atoms with E-state index in [1.165, 1.54) is 23.1 Å². The summed E-state index contributed by atoms with van der Waals surface area (Å²) in [7, 11) is 0. The highest BCUT2D eigenvalue weighted by Crippen LogP contribution is 2.36. The first-order chi connectivity index (χ1) is 12.5. The molecule has 1 aliphatic heterocycles. The van der Waals surface area contributed by atoms with Crippen molar-refractivity contribution in [2.75, 3.05) is 6.61 Å². The van der Waals surface area contributed by atoms with Gasteiger partial charge >= 0.3 is 0 Å². The Bertz CT molecular complexity index is 666. The number of rotatable bonds is 6. The molecule has 2 aromatic carbocycles. The van der Waals surface area contributed by atoms with Gasteiger partial charge in [-0.3, -0.25) is 0 Å². The largest absolute Gasteiger partial charge is 0.353 e. The van der Waals surface area contributed by atoms with Crippen molar-refractivity contribution in [3.63, 3.8) is 0 Å². The molecular formula is C24H32O2. The summed E-state index contributed by atoms with van der Waals surface area (Å²) in [6, 6.07) is 19.7. The van der Waals surface area contributed by atoms with Gasteiger partial charge in [0.1, 0.15) is 0 Å². The van der Waals surface area contributed by atoms with E-state index < -0.39 is 0 Å². The average Bonchev–Trinajstić information content (AvgIpc) is 2.66. The monoisotopic (exact) mass is 352 g/mol. The van der Waals surface area contributed by atoms with Crippen molar-refractivity contribution in [2.24, 2.45) is 5.41 Å². The van der Waals surface area contributed by atoms with Gasteiger partial charge in [-0.15, -0.1) is 0 Å². The van der Waals surface area contributed by atoms with E-state index in [9.17, 15) is 0 Å². The second-order valence-electron chi connectivity index (χ2n) is 8.58. The number of hydrogen-bond acceptors (Lipinski definition) is 2. The van der Waals surface area contributed by atoms with Crippen molar-refractivity contribution in [3.8, 4) is 0 Å². The highest BCUT2D eigenvalue weighted by atomic mass is 16.7. The van der Waals surface area contributed by atoms with Crippen LogP contribution in [0.4, 0.5) is 0 Å². The topological polar surface area (TPSA) is 18.5 Å². The molecule has 0 amide bonds. The Morgan fingerprint density at radius 2 is 1.77 bits per heavy atom. The van der Waals surface area contributed by atoms with Crippen LogP contribution >= 0.6 is 0 Å². The molecule has 2 nitrogen and oxygen atoms in total. The van der Waals surface area contributed by atoms with Gasteiger partial charge in [0.15, 0.2) is 6.29 Å². The molecule has 0 spiro atoms. The van der Waals surface area contributed by atoms with E-state index in [4.69, 9.17) is 9.47 Å². The van der Waals surface area contributed by atoms with Gasteiger partial charge in [0.2, 0.25) is 0 Å². The smallest absolute Gasteiger partial charge is 0.158 e. The van der Waals surface area contributed by atoms with E-state index in [2.05, 4.69) is 75.4 Å². The SMILES string of the molecule is CC(C)(C)CC(c1ccccc1)c1cccc(COC2CCCCO2)c1. The second kappa shape index (κ2) is 8.83. The van der Waals surface area contributed by atoms with Gasteiger partial charge in [-0.05, 0) is 47.8 Å². The zero-order valence-electron chi connectivity index (χ0n) is 16.4. The molecule has 26 heavy (non-hydrogen) atoms. The summed E-state index contributed by atoms with van der Waals surface area (Å²) in [4.78, 5) is 0. The maximum Gasteiger partial charge on any atom is 0.158 e. The second-order valence-corrected chi connectivity index (χ2v) is 8.58. The first kappa shape index (κ1) is 19.1. The van der Waals surface area contributed by atoms with Gasteiger partial charge in [-0.25, -0.2) is 0 Å². The molecule has 0 bridgehead atoms. The highest BCUT2D eigenvalue weighted by molar-refractivity contribution is 5.35. The zero-order valence-corrected chi connectivity index (χ0v) is 16.4. The number of ether oxygens (including phenoxy) is 2. The van der Waals surface area contributed by atoms with Gasteiger partial charge in [0, 0.05) is 12.5 Å². The van der Waals surface area contributed by atoms with E-state index in [-0.39, 0.29) is 11.7 Å². The lowest BCUT2D eigenvalue weighted by molar-refractivity contribution is -0.168. The Kier molecular flexibility index (Phi) is 6.50. The summed E-state index contributed by atoms with van der Waals surface area (Å²) >= 11 is 0.